The number of nitrogens with one attached hydrogen (secondary N) is 1. The first-order chi connectivity index (χ1) is 13.0. The molecule has 0 saturated heterocycles. The first-order valence-corrected chi connectivity index (χ1v) is 9.12. The Morgan fingerprint density at radius 1 is 1.11 bits per heavy atom. The Morgan fingerprint density at radius 2 is 1.89 bits per heavy atom. The zero-order valence-corrected chi connectivity index (χ0v) is 15.9. The van der Waals surface area contributed by atoms with Crippen molar-refractivity contribution < 1.29 is 13.7 Å². The van der Waals surface area contributed by atoms with Crippen molar-refractivity contribution >= 4 is 5.91 Å². The highest BCUT2D eigenvalue weighted by atomic mass is 16.5. The number of rotatable bonds is 8. The van der Waals surface area contributed by atoms with E-state index in [0.29, 0.717) is 17.6 Å². The summed E-state index contributed by atoms with van der Waals surface area (Å²) in [5, 5.41) is 6.84. The third-order valence-corrected chi connectivity index (χ3v) is 4.35. The fraction of sp³-hybridized carbons (Fsp3) is 0.333. The van der Waals surface area contributed by atoms with Gasteiger partial charge in [-0.3, -0.25) is 9.69 Å². The number of aromatic nitrogens is 1. The maximum Gasteiger partial charge on any atom is 0.273 e. The van der Waals surface area contributed by atoms with Gasteiger partial charge in [0.2, 0.25) is 5.76 Å². The van der Waals surface area contributed by atoms with Crippen LogP contribution in [0.4, 0.5) is 0 Å². The van der Waals surface area contributed by atoms with Crippen LogP contribution in [0.1, 0.15) is 36.8 Å². The van der Waals surface area contributed by atoms with Gasteiger partial charge >= 0.3 is 0 Å². The molecule has 6 heteroatoms. The Bertz CT molecular complexity index is 841. The molecule has 6 nitrogen and oxygen atoms in total. The fourth-order valence-electron chi connectivity index (χ4n) is 2.89. The molecule has 1 N–H and O–H groups in total. The third kappa shape index (κ3) is 5.08. The zero-order valence-electron chi connectivity index (χ0n) is 15.9. The van der Waals surface area contributed by atoms with E-state index >= 15 is 0 Å². The maximum absolute atomic E-state index is 12.5. The molecule has 2 heterocycles. The first kappa shape index (κ1) is 18.9. The van der Waals surface area contributed by atoms with Crippen LogP contribution in [0.15, 0.2) is 63.7 Å². The van der Waals surface area contributed by atoms with Gasteiger partial charge in [-0.05, 0) is 38.5 Å². The van der Waals surface area contributed by atoms with Crippen LogP contribution in [0.25, 0.3) is 11.5 Å². The number of hydrogen-bond donors (Lipinski definition) is 1. The van der Waals surface area contributed by atoms with Gasteiger partial charge in [-0.25, -0.2) is 0 Å². The summed E-state index contributed by atoms with van der Waals surface area (Å²) in [6, 6.07) is 15.8. The van der Waals surface area contributed by atoms with Gasteiger partial charge in [0.25, 0.3) is 5.91 Å². The molecule has 1 aromatic carbocycles. The lowest BCUT2D eigenvalue weighted by atomic mass is 10.1. The zero-order chi connectivity index (χ0) is 19.2. The van der Waals surface area contributed by atoms with E-state index in [1.165, 1.54) is 5.56 Å². The first-order valence-electron chi connectivity index (χ1n) is 9.12. The van der Waals surface area contributed by atoms with Crippen LogP contribution in [0.2, 0.25) is 0 Å². The minimum Gasteiger partial charge on any atom is -0.461 e. The highest BCUT2D eigenvalue weighted by Gasteiger charge is 2.19. The van der Waals surface area contributed by atoms with Crippen molar-refractivity contribution in [2.75, 3.05) is 6.54 Å². The van der Waals surface area contributed by atoms with Gasteiger partial charge in [0.1, 0.15) is 0 Å². The molecule has 0 aliphatic carbocycles. The van der Waals surface area contributed by atoms with Crippen LogP contribution in [-0.4, -0.2) is 34.6 Å². The molecule has 142 valence electrons. The molecule has 0 saturated carbocycles. The van der Waals surface area contributed by atoms with Crippen LogP contribution in [0, 0.1) is 0 Å². The Labute approximate surface area is 159 Å². The second-order valence-electron chi connectivity index (χ2n) is 6.94. The summed E-state index contributed by atoms with van der Waals surface area (Å²) >= 11 is 0. The van der Waals surface area contributed by atoms with Crippen molar-refractivity contribution in [2.24, 2.45) is 0 Å². The van der Waals surface area contributed by atoms with Gasteiger partial charge in [0.05, 0.1) is 6.26 Å². The quantitative estimate of drug-likeness (QED) is 0.652. The van der Waals surface area contributed by atoms with E-state index < -0.39 is 0 Å². The second-order valence-corrected chi connectivity index (χ2v) is 6.94. The normalized spacial score (nSPS) is 12.5. The van der Waals surface area contributed by atoms with E-state index in [9.17, 15) is 4.79 Å². The molecule has 0 fully saturated rings. The van der Waals surface area contributed by atoms with Gasteiger partial charge in [0, 0.05) is 31.2 Å². The molecule has 1 unspecified atom stereocenters. The third-order valence-electron chi connectivity index (χ3n) is 4.35. The smallest absolute Gasteiger partial charge is 0.273 e. The summed E-state index contributed by atoms with van der Waals surface area (Å²) in [6.07, 6.45) is 1.55. The average molecular weight is 367 g/mol. The predicted molar refractivity (Wildman–Crippen MR) is 103 cm³/mol. The van der Waals surface area contributed by atoms with Crippen LogP contribution in [-0.2, 0) is 6.54 Å². The highest BCUT2D eigenvalue weighted by Crippen LogP contribution is 2.20. The molecule has 0 aliphatic rings. The number of furan rings is 1. The van der Waals surface area contributed by atoms with E-state index in [1.807, 2.05) is 25.1 Å². The largest absolute Gasteiger partial charge is 0.461 e. The van der Waals surface area contributed by atoms with Crippen molar-refractivity contribution in [1.29, 1.82) is 0 Å². The van der Waals surface area contributed by atoms with Crippen molar-refractivity contribution in [3.63, 3.8) is 0 Å². The Kier molecular flexibility index (Phi) is 6.08. The molecule has 1 atom stereocenters. The van der Waals surface area contributed by atoms with E-state index in [0.717, 1.165) is 13.1 Å². The fourth-order valence-corrected chi connectivity index (χ4v) is 2.89. The van der Waals surface area contributed by atoms with E-state index in [4.69, 9.17) is 8.94 Å². The molecule has 2 aromatic heterocycles. The highest BCUT2D eigenvalue weighted by molar-refractivity contribution is 5.93. The van der Waals surface area contributed by atoms with Crippen LogP contribution in [0.5, 0.6) is 0 Å². The number of nitrogens with zero attached hydrogens (tertiary/aromatic N) is 2. The summed E-state index contributed by atoms with van der Waals surface area (Å²) in [5.41, 5.74) is 1.50. The molecule has 0 radical (unpaired) electrons. The summed E-state index contributed by atoms with van der Waals surface area (Å²) in [4.78, 5) is 14.8. The van der Waals surface area contributed by atoms with Crippen molar-refractivity contribution in [1.82, 2.24) is 15.4 Å². The lowest BCUT2D eigenvalue weighted by Gasteiger charge is -2.29. The lowest BCUT2D eigenvalue weighted by molar-refractivity contribution is 0.0912. The number of hydrogen-bond acceptors (Lipinski definition) is 5. The molecular formula is C21H25N3O3. The van der Waals surface area contributed by atoms with Gasteiger partial charge in [-0.15, -0.1) is 0 Å². The molecule has 1 amide bonds. The number of benzene rings is 1. The average Bonchev–Trinajstić information content (AvgIpc) is 3.33. The number of carbonyl (C=O) groups excluding carboxylic acids is 1. The second kappa shape index (κ2) is 8.68. The van der Waals surface area contributed by atoms with E-state index in [1.54, 1.807) is 24.5 Å². The van der Waals surface area contributed by atoms with Gasteiger partial charge in [-0.1, -0.05) is 35.5 Å². The van der Waals surface area contributed by atoms with Gasteiger partial charge in [0.15, 0.2) is 11.5 Å². The van der Waals surface area contributed by atoms with Gasteiger partial charge < -0.3 is 14.3 Å². The lowest BCUT2D eigenvalue weighted by Crippen LogP contribution is -2.44. The summed E-state index contributed by atoms with van der Waals surface area (Å²) in [5.74, 6) is 0.724. The van der Waals surface area contributed by atoms with E-state index in [-0.39, 0.29) is 17.6 Å². The minimum atomic E-state index is -0.257. The Hall–Kier alpha value is -2.86. The molecular weight excluding hydrogens is 342 g/mol. The predicted octanol–water partition coefficient (Wildman–Crippen LogP) is 3.96. The van der Waals surface area contributed by atoms with E-state index in [2.05, 4.69) is 41.4 Å². The van der Waals surface area contributed by atoms with Crippen LogP contribution < -0.4 is 5.32 Å². The minimum absolute atomic E-state index is 0.0348. The SMILES string of the molecule is CC(CN(Cc1ccccc1)C(C)C)NC(=O)c1cc(-c2ccco2)on1. The number of amides is 1. The summed E-state index contributed by atoms with van der Waals surface area (Å²) < 4.78 is 10.5. The van der Waals surface area contributed by atoms with Crippen molar-refractivity contribution in [3.8, 4) is 11.5 Å². The van der Waals surface area contributed by atoms with Crippen molar-refractivity contribution in [2.45, 2.75) is 39.4 Å². The standard InChI is InChI=1S/C21H25N3O3/c1-15(2)24(14-17-8-5-4-6-9-17)13-16(3)22-21(25)18-12-20(27-23-18)19-10-7-11-26-19/h4-12,15-16H,13-14H2,1-3H3,(H,22,25). The Morgan fingerprint density at radius 3 is 2.56 bits per heavy atom. The van der Waals surface area contributed by atoms with Crippen LogP contribution >= 0.6 is 0 Å². The molecule has 3 aromatic rings. The molecule has 0 aliphatic heterocycles. The summed E-state index contributed by atoms with van der Waals surface area (Å²) in [6.45, 7) is 7.88. The summed E-state index contributed by atoms with van der Waals surface area (Å²) in [7, 11) is 0. The monoisotopic (exact) mass is 367 g/mol. The molecule has 3 rings (SSSR count). The number of carbonyl (C=O) groups is 1. The van der Waals surface area contributed by atoms with Crippen LogP contribution in [0.3, 0.4) is 0 Å². The van der Waals surface area contributed by atoms with Gasteiger partial charge in [-0.2, -0.15) is 0 Å². The maximum atomic E-state index is 12.5. The van der Waals surface area contributed by atoms with Crippen molar-refractivity contribution in [3.05, 3.63) is 66.1 Å². The molecule has 27 heavy (non-hydrogen) atoms. The topological polar surface area (TPSA) is 71.5 Å². The molecule has 0 spiro atoms. The Balaban J connectivity index is 1.58. The molecule has 0 bridgehead atoms.